The normalized spacial score (nSPS) is 10.5. The average Bonchev–Trinajstić information content (AvgIpc) is 2.78. The number of aryl methyl sites for hydroxylation is 2. The van der Waals surface area contributed by atoms with Gasteiger partial charge in [0.15, 0.2) is 10.9 Å². The Morgan fingerprint density at radius 1 is 1.06 bits per heavy atom. The van der Waals surface area contributed by atoms with Gasteiger partial charge < -0.3 is 19.4 Å². The fraction of sp³-hybridized carbons (Fsp3) is 0.261. The number of carbonyl (C=O) groups excluding carboxylic acids is 2. The van der Waals surface area contributed by atoms with Gasteiger partial charge in [-0.1, -0.05) is 11.8 Å². The number of carbonyl (C=O) groups is 2. The lowest BCUT2D eigenvalue weighted by molar-refractivity contribution is -0.116. The number of rotatable bonds is 8. The fourth-order valence-electron chi connectivity index (χ4n) is 3.08. The third-order valence-corrected chi connectivity index (χ3v) is 5.50. The maximum Gasteiger partial charge on any atom is 0.337 e. The van der Waals surface area contributed by atoms with Crippen molar-refractivity contribution < 1.29 is 19.1 Å². The number of hydrogen-bond donors (Lipinski definition) is 1. The fourth-order valence-corrected chi connectivity index (χ4v) is 4.02. The van der Waals surface area contributed by atoms with E-state index < -0.39 is 5.97 Å². The van der Waals surface area contributed by atoms with Crippen LogP contribution in [-0.2, 0) is 21.8 Å². The Morgan fingerprint density at radius 2 is 1.73 bits per heavy atom. The second kappa shape index (κ2) is 10.8. The molecule has 0 bridgehead atoms. The number of amides is 1. The van der Waals surface area contributed by atoms with E-state index in [1.54, 1.807) is 28.8 Å². The Labute approximate surface area is 195 Å². The SMILES string of the molecule is COC(=O)c1ccc(NC(=O)Cn2cc(OC)c(=O)cc2CSc2nc(C)cc(C)n2)cc1. The first-order valence-electron chi connectivity index (χ1n) is 9.99. The predicted molar refractivity (Wildman–Crippen MR) is 125 cm³/mol. The summed E-state index contributed by atoms with van der Waals surface area (Å²) in [4.78, 5) is 45.4. The predicted octanol–water partition coefficient (Wildman–Crippen LogP) is 2.98. The van der Waals surface area contributed by atoms with E-state index in [1.807, 2.05) is 19.9 Å². The van der Waals surface area contributed by atoms with Crippen molar-refractivity contribution in [3.8, 4) is 5.75 Å². The van der Waals surface area contributed by atoms with Crippen molar-refractivity contribution in [3.05, 3.63) is 75.5 Å². The van der Waals surface area contributed by atoms with Crippen LogP contribution < -0.4 is 15.5 Å². The number of aromatic nitrogens is 3. The maximum atomic E-state index is 12.7. The number of esters is 1. The Bertz CT molecular complexity index is 1200. The highest BCUT2D eigenvalue weighted by molar-refractivity contribution is 7.98. The molecule has 0 aliphatic rings. The van der Waals surface area contributed by atoms with Gasteiger partial charge in [-0.15, -0.1) is 0 Å². The number of pyridine rings is 1. The van der Waals surface area contributed by atoms with E-state index in [0.717, 1.165) is 11.4 Å². The van der Waals surface area contributed by atoms with Crippen molar-refractivity contribution >= 4 is 29.3 Å². The van der Waals surface area contributed by atoms with Crippen LogP contribution >= 0.6 is 11.8 Å². The minimum Gasteiger partial charge on any atom is -0.491 e. The summed E-state index contributed by atoms with van der Waals surface area (Å²) in [5.74, 6) is -0.228. The summed E-state index contributed by atoms with van der Waals surface area (Å²) >= 11 is 1.38. The molecular weight excluding hydrogens is 444 g/mol. The lowest BCUT2D eigenvalue weighted by atomic mass is 10.2. The van der Waals surface area contributed by atoms with E-state index in [9.17, 15) is 14.4 Å². The molecule has 1 amide bonds. The smallest absolute Gasteiger partial charge is 0.337 e. The summed E-state index contributed by atoms with van der Waals surface area (Å²) in [5.41, 5.74) is 2.98. The number of nitrogens with one attached hydrogen (secondary N) is 1. The lowest BCUT2D eigenvalue weighted by Crippen LogP contribution is -2.22. The van der Waals surface area contributed by atoms with Crippen LogP contribution in [0.5, 0.6) is 5.75 Å². The molecule has 33 heavy (non-hydrogen) atoms. The number of hydrogen-bond acceptors (Lipinski definition) is 8. The molecule has 172 valence electrons. The van der Waals surface area contributed by atoms with Crippen molar-refractivity contribution in [3.63, 3.8) is 0 Å². The second-order valence-corrected chi connectivity index (χ2v) is 8.11. The number of methoxy groups -OCH3 is 2. The Kier molecular flexibility index (Phi) is 7.83. The minimum atomic E-state index is -0.455. The van der Waals surface area contributed by atoms with Crippen molar-refractivity contribution in [2.24, 2.45) is 0 Å². The van der Waals surface area contributed by atoms with E-state index in [0.29, 0.717) is 27.9 Å². The van der Waals surface area contributed by atoms with E-state index in [1.165, 1.54) is 38.2 Å². The molecule has 0 aliphatic heterocycles. The van der Waals surface area contributed by atoms with Gasteiger partial charge in [-0.3, -0.25) is 9.59 Å². The van der Waals surface area contributed by atoms with Crippen LogP contribution in [0.2, 0.25) is 0 Å². The molecule has 0 atom stereocenters. The molecule has 2 heterocycles. The highest BCUT2D eigenvalue weighted by Gasteiger charge is 2.13. The van der Waals surface area contributed by atoms with Gasteiger partial charge in [0.05, 0.1) is 26.0 Å². The summed E-state index contributed by atoms with van der Waals surface area (Å²) in [6.45, 7) is 3.74. The topological polar surface area (TPSA) is 112 Å². The number of thioether (sulfide) groups is 1. The third-order valence-electron chi connectivity index (χ3n) is 4.62. The Balaban J connectivity index is 1.77. The van der Waals surface area contributed by atoms with Gasteiger partial charge in [-0.2, -0.15) is 0 Å². The molecule has 1 aromatic carbocycles. The quantitative estimate of drug-likeness (QED) is 0.305. The first-order valence-corrected chi connectivity index (χ1v) is 11.0. The Morgan fingerprint density at radius 3 is 2.33 bits per heavy atom. The number of ether oxygens (including phenoxy) is 2. The maximum absolute atomic E-state index is 12.7. The van der Waals surface area contributed by atoms with Crippen LogP contribution in [0.25, 0.3) is 0 Å². The van der Waals surface area contributed by atoms with Gasteiger partial charge in [0.1, 0.15) is 6.54 Å². The average molecular weight is 469 g/mol. The van der Waals surface area contributed by atoms with E-state index in [-0.39, 0.29) is 23.6 Å². The zero-order chi connectivity index (χ0) is 24.0. The zero-order valence-corrected chi connectivity index (χ0v) is 19.6. The molecular formula is C23H24N4O5S. The van der Waals surface area contributed by atoms with Gasteiger partial charge in [0.25, 0.3) is 0 Å². The first-order chi connectivity index (χ1) is 15.8. The van der Waals surface area contributed by atoms with Crippen molar-refractivity contribution in [1.29, 1.82) is 0 Å². The van der Waals surface area contributed by atoms with Gasteiger partial charge in [0.2, 0.25) is 11.3 Å². The molecule has 10 heteroatoms. The third kappa shape index (κ3) is 6.42. The van der Waals surface area contributed by atoms with Crippen LogP contribution in [-0.4, -0.2) is 40.6 Å². The van der Waals surface area contributed by atoms with Gasteiger partial charge in [-0.25, -0.2) is 14.8 Å². The number of nitrogens with zero attached hydrogens (tertiary/aromatic N) is 3. The highest BCUT2D eigenvalue weighted by Crippen LogP contribution is 2.21. The van der Waals surface area contributed by atoms with Crippen molar-refractivity contribution in [2.45, 2.75) is 31.3 Å². The van der Waals surface area contributed by atoms with E-state index >= 15 is 0 Å². The first kappa shape index (κ1) is 24.0. The molecule has 0 saturated heterocycles. The Hall–Kier alpha value is -3.66. The minimum absolute atomic E-state index is 0.0427. The molecule has 0 unspecified atom stereocenters. The standard InChI is InChI=1S/C23H24N4O5S/c1-14-9-15(2)25-23(24-14)33-13-18-10-19(28)20(31-3)11-27(18)12-21(29)26-17-7-5-16(6-8-17)22(30)32-4/h5-11H,12-13H2,1-4H3,(H,26,29). The summed E-state index contributed by atoms with van der Waals surface area (Å²) in [5, 5.41) is 3.38. The van der Waals surface area contributed by atoms with Gasteiger partial charge >= 0.3 is 5.97 Å². The molecule has 2 aromatic heterocycles. The molecule has 0 saturated carbocycles. The molecule has 3 aromatic rings. The van der Waals surface area contributed by atoms with Crippen LogP contribution in [0.4, 0.5) is 5.69 Å². The summed E-state index contributed by atoms with van der Waals surface area (Å²) < 4.78 is 11.5. The number of benzene rings is 1. The molecule has 9 nitrogen and oxygen atoms in total. The lowest BCUT2D eigenvalue weighted by Gasteiger charge is -2.15. The summed E-state index contributed by atoms with van der Waals surface area (Å²) in [6.07, 6.45) is 1.51. The van der Waals surface area contributed by atoms with E-state index in [2.05, 4.69) is 20.0 Å². The highest BCUT2D eigenvalue weighted by atomic mass is 32.2. The summed E-state index contributed by atoms with van der Waals surface area (Å²) in [6, 6.07) is 9.70. The van der Waals surface area contributed by atoms with Crippen molar-refractivity contribution in [1.82, 2.24) is 14.5 Å². The largest absolute Gasteiger partial charge is 0.491 e. The molecule has 3 rings (SSSR count). The second-order valence-electron chi connectivity index (χ2n) is 7.16. The molecule has 0 spiro atoms. The van der Waals surface area contributed by atoms with Crippen molar-refractivity contribution in [2.75, 3.05) is 19.5 Å². The van der Waals surface area contributed by atoms with Crippen LogP contribution in [0.1, 0.15) is 27.4 Å². The molecule has 1 N–H and O–H groups in total. The molecule has 0 radical (unpaired) electrons. The molecule has 0 fully saturated rings. The van der Waals surface area contributed by atoms with Gasteiger partial charge in [0, 0.05) is 34.6 Å². The van der Waals surface area contributed by atoms with Gasteiger partial charge in [-0.05, 0) is 44.2 Å². The molecule has 0 aliphatic carbocycles. The van der Waals surface area contributed by atoms with Crippen LogP contribution in [0, 0.1) is 13.8 Å². The van der Waals surface area contributed by atoms with Crippen LogP contribution in [0.3, 0.4) is 0 Å². The monoisotopic (exact) mass is 468 g/mol. The summed E-state index contributed by atoms with van der Waals surface area (Å²) in [7, 11) is 2.71. The van der Waals surface area contributed by atoms with E-state index in [4.69, 9.17) is 4.74 Å². The zero-order valence-electron chi connectivity index (χ0n) is 18.7. The number of anilines is 1. The van der Waals surface area contributed by atoms with Crippen LogP contribution in [0.15, 0.2) is 52.5 Å².